The maximum atomic E-state index is 12.2. The summed E-state index contributed by atoms with van der Waals surface area (Å²) in [5, 5.41) is 15.5. The van der Waals surface area contributed by atoms with E-state index in [1.807, 2.05) is 18.2 Å². The van der Waals surface area contributed by atoms with Crippen LogP contribution in [0, 0.1) is 11.3 Å². The molecule has 0 radical (unpaired) electrons. The largest absolute Gasteiger partial charge is 0.348 e. The summed E-state index contributed by atoms with van der Waals surface area (Å²) in [5.74, 6) is 0.0332. The molecule has 0 spiro atoms. The number of amides is 1. The van der Waals surface area contributed by atoms with Crippen molar-refractivity contribution in [1.29, 1.82) is 5.26 Å². The van der Waals surface area contributed by atoms with Crippen LogP contribution in [0.5, 0.6) is 0 Å². The maximum Gasteiger partial charge on any atom is 0.254 e. The van der Waals surface area contributed by atoms with E-state index in [4.69, 9.17) is 16.9 Å². The lowest BCUT2D eigenvalue weighted by molar-refractivity contribution is 0.0950. The molecule has 0 aliphatic rings. The number of carbonyl (C=O) groups is 1. The lowest BCUT2D eigenvalue weighted by atomic mass is 10.2. The molecule has 1 amide bonds. The first kappa shape index (κ1) is 17.4. The van der Waals surface area contributed by atoms with Crippen molar-refractivity contribution in [2.24, 2.45) is 0 Å². The lowest BCUT2D eigenvalue weighted by Crippen LogP contribution is -2.23. The van der Waals surface area contributed by atoms with Crippen LogP contribution in [0.1, 0.15) is 21.5 Å². The molecular weight excluding hydrogens is 350 g/mol. The second-order valence-corrected chi connectivity index (χ2v) is 5.82. The summed E-state index contributed by atoms with van der Waals surface area (Å²) >= 11 is 5.83. The molecule has 3 aromatic rings. The van der Waals surface area contributed by atoms with E-state index < -0.39 is 0 Å². The molecule has 0 aliphatic heterocycles. The van der Waals surface area contributed by atoms with Gasteiger partial charge in [0.1, 0.15) is 6.07 Å². The van der Waals surface area contributed by atoms with Gasteiger partial charge in [0.15, 0.2) is 0 Å². The molecule has 3 rings (SSSR count). The van der Waals surface area contributed by atoms with Crippen LogP contribution in [0.25, 0.3) is 0 Å². The number of benzene rings is 2. The zero-order chi connectivity index (χ0) is 18.4. The average molecular weight is 364 g/mol. The molecule has 1 aromatic heterocycles. The number of rotatable bonds is 5. The van der Waals surface area contributed by atoms with Crippen molar-refractivity contribution in [3.8, 4) is 6.07 Å². The van der Waals surface area contributed by atoms with Gasteiger partial charge in [-0.3, -0.25) is 4.79 Å². The molecular formula is C19H14ClN5O. The summed E-state index contributed by atoms with van der Waals surface area (Å²) in [4.78, 5) is 20.4. The van der Waals surface area contributed by atoms with Crippen molar-refractivity contribution in [1.82, 2.24) is 15.3 Å². The van der Waals surface area contributed by atoms with Gasteiger partial charge in [-0.05, 0) is 29.8 Å². The number of nitrogens with one attached hydrogen (secondary N) is 2. The van der Waals surface area contributed by atoms with E-state index in [0.29, 0.717) is 34.3 Å². The number of aromatic nitrogens is 2. The van der Waals surface area contributed by atoms with E-state index in [1.165, 1.54) is 12.4 Å². The minimum Gasteiger partial charge on any atom is -0.348 e. The molecule has 0 fully saturated rings. The number of nitriles is 1. The number of halogens is 1. The molecule has 128 valence electrons. The SMILES string of the molecule is N#Cc1ccccc1Nc1ncc(C(=O)NCc2ccc(Cl)cc2)cn1. The van der Waals surface area contributed by atoms with E-state index in [2.05, 4.69) is 26.7 Å². The van der Waals surface area contributed by atoms with Crippen LogP contribution < -0.4 is 10.6 Å². The maximum absolute atomic E-state index is 12.2. The van der Waals surface area contributed by atoms with Crippen LogP contribution in [0.4, 0.5) is 11.6 Å². The van der Waals surface area contributed by atoms with Crippen molar-refractivity contribution >= 4 is 29.1 Å². The summed E-state index contributed by atoms with van der Waals surface area (Å²) in [7, 11) is 0. The first-order valence-corrected chi connectivity index (χ1v) is 8.14. The Hall–Kier alpha value is -3.43. The molecule has 2 N–H and O–H groups in total. The van der Waals surface area contributed by atoms with Crippen LogP contribution in [-0.4, -0.2) is 15.9 Å². The minimum absolute atomic E-state index is 0.274. The number of anilines is 2. The van der Waals surface area contributed by atoms with Crippen molar-refractivity contribution in [3.63, 3.8) is 0 Å². The van der Waals surface area contributed by atoms with Gasteiger partial charge in [0, 0.05) is 24.0 Å². The molecule has 0 aliphatic carbocycles. The Labute approximate surface area is 155 Å². The highest BCUT2D eigenvalue weighted by atomic mass is 35.5. The lowest BCUT2D eigenvalue weighted by Gasteiger charge is -2.08. The number of para-hydroxylation sites is 1. The predicted octanol–water partition coefficient (Wildman–Crippen LogP) is 3.68. The van der Waals surface area contributed by atoms with Crippen molar-refractivity contribution in [2.75, 3.05) is 5.32 Å². The van der Waals surface area contributed by atoms with E-state index in [1.54, 1.807) is 30.3 Å². The summed E-state index contributed by atoms with van der Waals surface area (Å²) in [6.07, 6.45) is 2.86. The van der Waals surface area contributed by atoms with Gasteiger partial charge in [-0.2, -0.15) is 5.26 Å². The average Bonchev–Trinajstić information content (AvgIpc) is 2.68. The Bertz CT molecular complexity index is 949. The third kappa shape index (κ3) is 4.35. The molecule has 0 saturated carbocycles. The summed E-state index contributed by atoms with van der Waals surface area (Å²) in [6, 6.07) is 16.4. The van der Waals surface area contributed by atoms with Crippen LogP contribution in [0.3, 0.4) is 0 Å². The third-order valence-corrected chi connectivity index (χ3v) is 3.83. The van der Waals surface area contributed by atoms with Crippen LogP contribution in [0.15, 0.2) is 60.9 Å². The number of carbonyl (C=O) groups excluding carboxylic acids is 1. The third-order valence-electron chi connectivity index (χ3n) is 3.57. The Morgan fingerprint density at radius 3 is 2.46 bits per heavy atom. The van der Waals surface area contributed by atoms with Crippen LogP contribution in [0.2, 0.25) is 5.02 Å². The highest BCUT2D eigenvalue weighted by Crippen LogP contribution is 2.17. The van der Waals surface area contributed by atoms with Crippen LogP contribution in [-0.2, 0) is 6.54 Å². The predicted molar refractivity (Wildman–Crippen MR) is 99.1 cm³/mol. The monoisotopic (exact) mass is 363 g/mol. The van der Waals surface area contributed by atoms with Gasteiger partial charge in [-0.15, -0.1) is 0 Å². The van der Waals surface area contributed by atoms with Gasteiger partial charge in [0.2, 0.25) is 5.95 Å². The molecule has 7 heteroatoms. The van der Waals surface area contributed by atoms with Crippen molar-refractivity contribution < 1.29 is 4.79 Å². The van der Waals surface area contributed by atoms with Gasteiger partial charge >= 0.3 is 0 Å². The molecule has 1 heterocycles. The fourth-order valence-electron chi connectivity index (χ4n) is 2.21. The Kier molecular flexibility index (Phi) is 5.42. The Morgan fingerprint density at radius 1 is 1.08 bits per heavy atom. The molecule has 6 nitrogen and oxygen atoms in total. The zero-order valence-electron chi connectivity index (χ0n) is 13.6. The molecule has 26 heavy (non-hydrogen) atoms. The van der Waals surface area contributed by atoms with Gasteiger partial charge < -0.3 is 10.6 Å². The molecule has 0 saturated heterocycles. The second-order valence-electron chi connectivity index (χ2n) is 5.39. The topological polar surface area (TPSA) is 90.7 Å². The quantitative estimate of drug-likeness (QED) is 0.721. The fraction of sp³-hybridized carbons (Fsp3) is 0.0526. The smallest absolute Gasteiger partial charge is 0.254 e. The van der Waals surface area contributed by atoms with Gasteiger partial charge in [-0.1, -0.05) is 35.9 Å². The number of hydrogen-bond donors (Lipinski definition) is 2. The standard InChI is InChI=1S/C19H14ClN5O/c20-16-7-5-13(6-8-16)10-22-18(26)15-11-23-19(24-12-15)25-17-4-2-1-3-14(17)9-21/h1-8,11-12H,10H2,(H,22,26)(H,23,24,25). The zero-order valence-corrected chi connectivity index (χ0v) is 14.4. The fourth-order valence-corrected chi connectivity index (χ4v) is 2.33. The molecule has 0 atom stereocenters. The molecule has 0 unspecified atom stereocenters. The molecule has 2 aromatic carbocycles. The normalized spacial score (nSPS) is 10.0. The van der Waals surface area contributed by atoms with E-state index >= 15 is 0 Å². The highest BCUT2D eigenvalue weighted by Gasteiger charge is 2.08. The van der Waals surface area contributed by atoms with E-state index in [9.17, 15) is 4.79 Å². The summed E-state index contributed by atoms with van der Waals surface area (Å²) < 4.78 is 0. The number of nitrogens with zero attached hydrogens (tertiary/aromatic N) is 3. The van der Waals surface area contributed by atoms with Crippen LogP contribution >= 0.6 is 11.6 Å². The van der Waals surface area contributed by atoms with E-state index in [0.717, 1.165) is 5.56 Å². The number of hydrogen-bond acceptors (Lipinski definition) is 5. The highest BCUT2D eigenvalue weighted by molar-refractivity contribution is 6.30. The second kappa shape index (κ2) is 8.10. The van der Waals surface area contributed by atoms with Gasteiger partial charge in [-0.25, -0.2) is 9.97 Å². The first-order valence-electron chi connectivity index (χ1n) is 7.76. The molecule has 0 bridgehead atoms. The summed E-state index contributed by atoms with van der Waals surface area (Å²) in [5.41, 5.74) is 2.38. The van der Waals surface area contributed by atoms with Gasteiger partial charge in [0.05, 0.1) is 16.8 Å². The van der Waals surface area contributed by atoms with E-state index in [-0.39, 0.29) is 5.91 Å². The van der Waals surface area contributed by atoms with Gasteiger partial charge in [0.25, 0.3) is 5.91 Å². The van der Waals surface area contributed by atoms with Crippen molar-refractivity contribution in [3.05, 3.63) is 82.6 Å². The van der Waals surface area contributed by atoms with Crippen molar-refractivity contribution in [2.45, 2.75) is 6.54 Å². The Balaban J connectivity index is 1.62. The summed E-state index contributed by atoms with van der Waals surface area (Å²) in [6.45, 7) is 0.381. The minimum atomic E-state index is -0.274. The first-order chi connectivity index (χ1) is 12.7. The Morgan fingerprint density at radius 2 is 1.77 bits per heavy atom.